The van der Waals surface area contributed by atoms with Gasteiger partial charge in [-0.2, -0.15) is 0 Å². The van der Waals surface area contributed by atoms with Gasteiger partial charge in [0.2, 0.25) is 0 Å². The number of rotatable bonds is 2. The van der Waals surface area contributed by atoms with Gasteiger partial charge in [-0.15, -0.1) is 0 Å². The van der Waals surface area contributed by atoms with Crippen molar-refractivity contribution in [3.63, 3.8) is 0 Å². The molecule has 0 heterocycles. The van der Waals surface area contributed by atoms with Crippen LogP contribution in [0, 0.1) is 5.92 Å². The van der Waals surface area contributed by atoms with Crippen molar-refractivity contribution in [2.24, 2.45) is 5.92 Å². The van der Waals surface area contributed by atoms with E-state index in [0.29, 0.717) is 0 Å². The minimum atomic E-state index is -0.446. The summed E-state index contributed by atoms with van der Waals surface area (Å²) in [6.07, 6.45) is 4.37. The lowest BCUT2D eigenvalue weighted by molar-refractivity contribution is -0.112. The van der Waals surface area contributed by atoms with Crippen molar-refractivity contribution in [2.75, 3.05) is 7.11 Å². The molecule has 2 unspecified atom stereocenters. The van der Waals surface area contributed by atoms with Crippen molar-refractivity contribution in [1.82, 2.24) is 5.32 Å². The molecular weight excluding hydrogens is 170 g/mol. The van der Waals surface area contributed by atoms with Gasteiger partial charge in [0.15, 0.2) is 0 Å². The van der Waals surface area contributed by atoms with Crippen LogP contribution < -0.4 is 5.32 Å². The Morgan fingerprint density at radius 2 is 2.15 bits per heavy atom. The first-order valence-electron chi connectivity index (χ1n) is 4.57. The largest absolute Gasteiger partial charge is 0.453 e. The van der Waals surface area contributed by atoms with Crippen LogP contribution >= 0.6 is 0 Å². The molecule has 1 N–H and O–H groups in total. The number of hydrogen-bond donors (Lipinski definition) is 1. The molecule has 1 aliphatic rings. The Kier molecular flexibility index (Phi) is 3.73. The average molecular weight is 185 g/mol. The third kappa shape index (κ3) is 2.72. The second kappa shape index (κ2) is 4.84. The van der Waals surface area contributed by atoms with Gasteiger partial charge >= 0.3 is 6.09 Å². The van der Waals surface area contributed by atoms with Crippen LogP contribution in [-0.2, 0) is 9.53 Å². The van der Waals surface area contributed by atoms with Crippen molar-refractivity contribution in [3.05, 3.63) is 0 Å². The fourth-order valence-electron chi connectivity index (χ4n) is 1.71. The van der Waals surface area contributed by atoms with E-state index in [4.69, 9.17) is 0 Å². The van der Waals surface area contributed by atoms with Crippen molar-refractivity contribution in [1.29, 1.82) is 0 Å². The third-order valence-electron chi connectivity index (χ3n) is 2.48. The summed E-state index contributed by atoms with van der Waals surface area (Å²) < 4.78 is 4.48. The van der Waals surface area contributed by atoms with E-state index in [9.17, 15) is 9.59 Å². The summed E-state index contributed by atoms with van der Waals surface area (Å²) in [6, 6.07) is -0.0290. The van der Waals surface area contributed by atoms with E-state index in [0.717, 1.165) is 32.0 Å². The molecule has 1 rings (SSSR count). The topological polar surface area (TPSA) is 55.4 Å². The van der Waals surface area contributed by atoms with Gasteiger partial charge in [0, 0.05) is 12.0 Å². The van der Waals surface area contributed by atoms with E-state index >= 15 is 0 Å². The maximum atomic E-state index is 10.9. The Labute approximate surface area is 77.6 Å². The quantitative estimate of drug-likeness (QED) is 0.655. The Hall–Kier alpha value is -1.06. The zero-order valence-electron chi connectivity index (χ0n) is 7.79. The fourth-order valence-corrected chi connectivity index (χ4v) is 1.71. The number of methoxy groups -OCH3 is 1. The summed E-state index contributed by atoms with van der Waals surface area (Å²) in [5, 5.41) is 2.68. The van der Waals surface area contributed by atoms with E-state index in [1.807, 2.05) is 0 Å². The summed E-state index contributed by atoms with van der Waals surface area (Å²) in [5.74, 6) is -0.0344. The monoisotopic (exact) mass is 185 g/mol. The van der Waals surface area contributed by atoms with Crippen LogP contribution in [0.2, 0.25) is 0 Å². The maximum absolute atomic E-state index is 10.9. The molecule has 2 atom stereocenters. The summed E-state index contributed by atoms with van der Waals surface area (Å²) in [4.78, 5) is 21.5. The lowest BCUT2D eigenvalue weighted by Gasteiger charge is -2.27. The molecule has 1 amide bonds. The van der Waals surface area contributed by atoms with Crippen molar-refractivity contribution >= 4 is 12.4 Å². The number of alkyl carbamates (subject to hydrolysis) is 1. The molecule has 0 aromatic heterocycles. The third-order valence-corrected chi connectivity index (χ3v) is 2.48. The Morgan fingerprint density at radius 1 is 1.46 bits per heavy atom. The molecule has 1 fully saturated rings. The van der Waals surface area contributed by atoms with Crippen LogP contribution in [0.25, 0.3) is 0 Å². The Bertz CT molecular complexity index is 193. The molecule has 0 saturated heterocycles. The fraction of sp³-hybridized carbons (Fsp3) is 0.778. The first kappa shape index (κ1) is 10.0. The van der Waals surface area contributed by atoms with E-state index in [1.54, 1.807) is 0 Å². The highest BCUT2D eigenvalue weighted by molar-refractivity contribution is 5.68. The molecule has 1 saturated carbocycles. The second-order valence-corrected chi connectivity index (χ2v) is 3.33. The van der Waals surface area contributed by atoms with Crippen molar-refractivity contribution in [2.45, 2.75) is 31.7 Å². The molecule has 0 aromatic rings. The predicted molar refractivity (Wildman–Crippen MR) is 47.4 cm³/mol. The van der Waals surface area contributed by atoms with Crippen LogP contribution in [-0.4, -0.2) is 25.5 Å². The normalized spacial score (nSPS) is 27.8. The number of aldehydes is 1. The average Bonchev–Trinajstić information content (AvgIpc) is 2.18. The Balaban J connectivity index is 2.44. The SMILES string of the molecule is COC(=O)NC1CCCCC1C=O. The molecule has 0 radical (unpaired) electrons. The Morgan fingerprint density at radius 3 is 2.77 bits per heavy atom. The highest BCUT2D eigenvalue weighted by atomic mass is 16.5. The van der Waals surface area contributed by atoms with Crippen molar-refractivity contribution in [3.8, 4) is 0 Å². The zero-order chi connectivity index (χ0) is 9.68. The first-order valence-corrected chi connectivity index (χ1v) is 4.57. The number of ether oxygens (including phenoxy) is 1. The smallest absolute Gasteiger partial charge is 0.407 e. The summed E-state index contributed by atoms with van der Waals surface area (Å²) in [7, 11) is 1.33. The minimum absolute atomic E-state index is 0.0290. The van der Waals surface area contributed by atoms with E-state index in [2.05, 4.69) is 10.1 Å². The minimum Gasteiger partial charge on any atom is -0.453 e. The van der Waals surface area contributed by atoms with E-state index < -0.39 is 6.09 Å². The molecule has 1 aliphatic carbocycles. The number of carbonyl (C=O) groups is 2. The van der Waals surface area contributed by atoms with Gasteiger partial charge in [0.05, 0.1) is 7.11 Å². The van der Waals surface area contributed by atoms with Crippen LogP contribution in [0.3, 0.4) is 0 Å². The van der Waals surface area contributed by atoms with Gasteiger partial charge in [0.1, 0.15) is 6.29 Å². The number of carbonyl (C=O) groups excluding carboxylic acids is 2. The number of amides is 1. The van der Waals surface area contributed by atoms with Gasteiger partial charge in [-0.3, -0.25) is 0 Å². The highest BCUT2D eigenvalue weighted by Gasteiger charge is 2.25. The molecule has 4 nitrogen and oxygen atoms in total. The molecule has 0 bridgehead atoms. The molecular formula is C9H15NO3. The molecule has 74 valence electrons. The molecule has 13 heavy (non-hydrogen) atoms. The molecule has 4 heteroatoms. The first-order chi connectivity index (χ1) is 6.27. The van der Waals surface area contributed by atoms with Crippen molar-refractivity contribution < 1.29 is 14.3 Å². The number of nitrogens with one attached hydrogen (secondary N) is 1. The van der Waals surface area contributed by atoms with Gasteiger partial charge in [-0.25, -0.2) is 4.79 Å². The second-order valence-electron chi connectivity index (χ2n) is 3.33. The molecule has 0 spiro atoms. The van der Waals surface area contributed by atoms with Crippen LogP contribution in [0.5, 0.6) is 0 Å². The van der Waals surface area contributed by atoms with Gasteiger partial charge in [-0.1, -0.05) is 12.8 Å². The summed E-state index contributed by atoms with van der Waals surface area (Å²) in [5.41, 5.74) is 0. The highest BCUT2D eigenvalue weighted by Crippen LogP contribution is 2.22. The summed E-state index contributed by atoms with van der Waals surface area (Å²) in [6.45, 7) is 0. The van der Waals surface area contributed by atoms with E-state index in [1.165, 1.54) is 7.11 Å². The maximum Gasteiger partial charge on any atom is 0.407 e. The standard InChI is InChI=1S/C9H15NO3/c1-13-9(12)10-8-5-3-2-4-7(8)6-11/h6-8H,2-5H2,1H3,(H,10,12). The summed E-state index contributed by atoms with van der Waals surface area (Å²) >= 11 is 0. The lowest BCUT2D eigenvalue weighted by atomic mass is 9.86. The van der Waals surface area contributed by atoms with Crippen LogP contribution in [0.15, 0.2) is 0 Å². The molecule has 0 aliphatic heterocycles. The van der Waals surface area contributed by atoms with Crippen LogP contribution in [0.4, 0.5) is 4.79 Å². The van der Waals surface area contributed by atoms with Crippen LogP contribution in [0.1, 0.15) is 25.7 Å². The molecule has 0 aromatic carbocycles. The van der Waals surface area contributed by atoms with E-state index in [-0.39, 0.29) is 12.0 Å². The van der Waals surface area contributed by atoms with Gasteiger partial charge in [0.25, 0.3) is 0 Å². The van der Waals surface area contributed by atoms with Gasteiger partial charge < -0.3 is 14.8 Å². The zero-order valence-corrected chi connectivity index (χ0v) is 7.79. The number of hydrogen-bond acceptors (Lipinski definition) is 3. The predicted octanol–water partition coefficient (Wildman–Crippen LogP) is 1.10. The lowest BCUT2D eigenvalue weighted by Crippen LogP contribution is -2.42. The van der Waals surface area contributed by atoms with Gasteiger partial charge in [-0.05, 0) is 12.8 Å².